The number of nitrogens with two attached hydrogens (primary N) is 2. The summed E-state index contributed by atoms with van der Waals surface area (Å²) >= 11 is 0. The normalized spacial score (nSPS) is 17.1. The second kappa shape index (κ2) is 20.7. The number of hydrogen-bond acceptors (Lipinski definition) is 9. The van der Waals surface area contributed by atoms with E-state index in [1.165, 1.54) is 4.90 Å². The maximum Gasteiger partial charge on any atom is 0.303 e. The third-order valence-corrected chi connectivity index (χ3v) is 8.33. The van der Waals surface area contributed by atoms with Crippen molar-refractivity contribution in [1.82, 2.24) is 26.2 Å². The van der Waals surface area contributed by atoms with Gasteiger partial charge in [0.15, 0.2) is 0 Å². The van der Waals surface area contributed by atoms with Crippen molar-refractivity contribution in [1.29, 1.82) is 0 Å². The SMILES string of the molecule is CC(C)C[C@@H](C=O)NC(=O)[C@H](Cc1ccccc1)NC(=O)[C@H](CCC(=O)O)NC(=O)[C@H](CC(C)C)NC(=O)[C@@H]1CCCN1C(=O)[C@@H](N)CC(N)=O. The Balaban J connectivity index is 2.29. The summed E-state index contributed by atoms with van der Waals surface area (Å²) in [5, 5.41) is 19.9. The van der Waals surface area contributed by atoms with Gasteiger partial charge in [0.25, 0.3) is 0 Å². The molecule has 1 fully saturated rings. The zero-order valence-electron chi connectivity index (χ0n) is 29.8. The molecule has 16 heteroatoms. The molecule has 51 heavy (non-hydrogen) atoms. The summed E-state index contributed by atoms with van der Waals surface area (Å²) in [6, 6.07) is 2.03. The number of nitrogens with zero attached hydrogens (tertiary/aromatic N) is 1. The van der Waals surface area contributed by atoms with Crippen LogP contribution < -0.4 is 32.7 Å². The van der Waals surface area contributed by atoms with Crippen molar-refractivity contribution in [2.45, 2.75) is 115 Å². The van der Waals surface area contributed by atoms with Crippen LogP contribution in [0.25, 0.3) is 0 Å². The van der Waals surface area contributed by atoms with Crippen molar-refractivity contribution in [3.8, 4) is 0 Å². The number of carbonyl (C=O) groups is 8. The number of hydrogen-bond donors (Lipinski definition) is 7. The first-order chi connectivity index (χ1) is 24.0. The Kier molecular flexibility index (Phi) is 17.2. The van der Waals surface area contributed by atoms with E-state index < -0.39 is 90.5 Å². The molecule has 9 N–H and O–H groups in total. The molecule has 0 unspecified atom stereocenters. The number of aldehydes is 1. The fourth-order valence-corrected chi connectivity index (χ4v) is 5.87. The van der Waals surface area contributed by atoms with Crippen molar-refractivity contribution in [2.24, 2.45) is 23.3 Å². The molecule has 1 aromatic rings. The van der Waals surface area contributed by atoms with Gasteiger partial charge in [0.05, 0.1) is 18.5 Å². The van der Waals surface area contributed by atoms with Gasteiger partial charge in [0.2, 0.25) is 35.4 Å². The van der Waals surface area contributed by atoms with Crippen LogP contribution in [0.3, 0.4) is 0 Å². The lowest BCUT2D eigenvalue weighted by Crippen LogP contribution is -2.59. The van der Waals surface area contributed by atoms with E-state index in [-0.39, 0.29) is 44.1 Å². The standard InChI is InChI=1S/C35H53N7O9/c1-20(2)15-23(19-43)38-32(48)27(17-22-9-6-5-7-10-22)40-31(47)25(12-13-30(45)46)39-33(49)26(16-21(3)4)41-34(50)28-11-8-14-42(28)35(51)24(36)18-29(37)44/h5-7,9-10,19-21,23-28H,8,11-18,36H2,1-4H3,(H2,37,44)(H,38,48)(H,39,49)(H,40,47)(H,41,50)(H,45,46)/t23-,24-,25-,26-,27-,28-/m0/s1. The molecular weight excluding hydrogens is 662 g/mol. The molecule has 6 atom stereocenters. The predicted molar refractivity (Wildman–Crippen MR) is 186 cm³/mol. The Labute approximate surface area is 298 Å². The van der Waals surface area contributed by atoms with E-state index in [0.717, 1.165) is 0 Å². The third kappa shape index (κ3) is 14.5. The van der Waals surface area contributed by atoms with E-state index in [0.29, 0.717) is 24.7 Å². The van der Waals surface area contributed by atoms with Crippen molar-refractivity contribution in [3.05, 3.63) is 35.9 Å². The largest absolute Gasteiger partial charge is 0.481 e. The number of benzene rings is 1. The van der Waals surface area contributed by atoms with Crippen LogP contribution >= 0.6 is 0 Å². The monoisotopic (exact) mass is 715 g/mol. The van der Waals surface area contributed by atoms with Gasteiger partial charge in [0, 0.05) is 19.4 Å². The summed E-state index contributed by atoms with van der Waals surface area (Å²) in [6.07, 6.45) is 0.700. The second-order valence-corrected chi connectivity index (χ2v) is 13.8. The van der Waals surface area contributed by atoms with Crippen LogP contribution in [0.5, 0.6) is 0 Å². The molecular formula is C35H53N7O9. The van der Waals surface area contributed by atoms with Gasteiger partial charge in [-0.05, 0) is 49.5 Å². The number of primary amides is 1. The van der Waals surface area contributed by atoms with Crippen LogP contribution in [0.1, 0.15) is 78.2 Å². The van der Waals surface area contributed by atoms with E-state index >= 15 is 0 Å². The quantitative estimate of drug-likeness (QED) is 0.0804. The third-order valence-electron chi connectivity index (χ3n) is 8.33. The number of carboxylic acids is 1. The highest BCUT2D eigenvalue weighted by Gasteiger charge is 2.38. The maximum atomic E-state index is 13.7. The van der Waals surface area contributed by atoms with Gasteiger partial charge in [0.1, 0.15) is 30.5 Å². The van der Waals surface area contributed by atoms with Crippen molar-refractivity contribution in [2.75, 3.05) is 6.54 Å². The summed E-state index contributed by atoms with van der Waals surface area (Å²) < 4.78 is 0. The van der Waals surface area contributed by atoms with Crippen LogP contribution in [-0.4, -0.2) is 101 Å². The lowest BCUT2D eigenvalue weighted by molar-refractivity contribution is -0.141. The van der Waals surface area contributed by atoms with Crippen LogP contribution in [0.15, 0.2) is 30.3 Å². The molecule has 16 nitrogen and oxygen atoms in total. The van der Waals surface area contributed by atoms with Gasteiger partial charge >= 0.3 is 5.97 Å². The summed E-state index contributed by atoms with van der Waals surface area (Å²) in [7, 11) is 0. The Morgan fingerprint density at radius 2 is 1.45 bits per heavy atom. The number of amides is 6. The molecule has 1 aliphatic heterocycles. The first kappa shape index (κ1) is 42.3. The molecule has 1 heterocycles. The summed E-state index contributed by atoms with van der Waals surface area (Å²) in [5.74, 6) is -5.52. The van der Waals surface area contributed by atoms with Crippen LogP contribution in [0, 0.1) is 11.8 Å². The minimum Gasteiger partial charge on any atom is -0.481 e. The van der Waals surface area contributed by atoms with Gasteiger partial charge in [-0.1, -0.05) is 58.0 Å². The molecule has 0 aromatic heterocycles. The molecule has 1 aromatic carbocycles. The Morgan fingerprint density at radius 1 is 0.863 bits per heavy atom. The number of carbonyl (C=O) groups excluding carboxylic acids is 7. The van der Waals surface area contributed by atoms with Gasteiger partial charge in [-0.3, -0.25) is 33.6 Å². The molecule has 0 saturated carbocycles. The summed E-state index contributed by atoms with van der Waals surface area (Å²) in [6.45, 7) is 7.62. The fourth-order valence-electron chi connectivity index (χ4n) is 5.87. The predicted octanol–water partition coefficient (Wildman–Crippen LogP) is -0.482. The topological polar surface area (TPSA) is 260 Å². The van der Waals surface area contributed by atoms with E-state index in [4.69, 9.17) is 11.5 Å². The maximum absolute atomic E-state index is 13.7. The number of nitrogens with one attached hydrogen (secondary N) is 4. The van der Waals surface area contributed by atoms with E-state index in [9.17, 15) is 43.5 Å². The molecule has 1 saturated heterocycles. The average Bonchev–Trinajstić information content (AvgIpc) is 3.55. The number of carboxylic acid groups (broad SMARTS) is 1. The van der Waals surface area contributed by atoms with E-state index in [1.807, 2.05) is 27.7 Å². The average molecular weight is 716 g/mol. The summed E-state index contributed by atoms with van der Waals surface area (Å²) in [4.78, 5) is 103. The Morgan fingerprint density at radius 3 is 2.02 bits per heavy atom. The van der Waals surface area contributed by atoms with Crippen LogP contribution in [0.2, 0.25) is 0 Å². The lowest BCUT2D eigenvalue weighted by Gasteiger charge is -2.29. The van der Waals surface area contributed by atoms with Gasteiger partial charge < -0.3 is 47.5 Å². The molecule has 0 spiro atoms. The van der Waals surface area contributed by atoms with Crippen molar-refractivity contribution >= 4 is 47.7 Å². The smallest absolute Gasteiger partial charge is 0.303 e. The zero-order chi connectivity index (χ0) is 38.2. The molecule has 0 bridgehead atoms. The molecule has 0 aliphatic carbocycles. The lowest BCUT2D eigenvalue weighted by atomic mass is 10.0. The molecule has 282 valence electrons. The molecule has 1 aliphatic rings. The first-order valence-corrected chi connectivity index (χ1v) is 17.3. The van der Waals surface area contributed by atoms with Crippen LogP contribution in [0.4, 0.5) is 0 Å². The first-order valence-electron chi connectivity index (χ1n) is 17.3. The minimum absolute atomic E-state index is 0.0387. The number of aliphatic carboxylic acids is 1. The highest BCUT2D eigenvalue weighted by Crippen LogP contribution is 2.20. The highest BCUT2D eigenvalue weighted by molar-refractivity contribution is 5.97. The van der Waals surface area contributed by atoms with Gasteiger partial charge in [-0.25, -0.2) is 0 Å². The Bertz CT molecular complexity index is 1390. The van der Waals surface area contributed by atoms with Crippen LogP contribution in [-0.2, 0) is 44.8 Å². The number of likely N-dealkylation sites (tertiary alicyclic amines) is 1. The molecule has 0 radical (unpaired) electrons. The minimum atomic E-state index is -1.42. The van der Waals surface area contributed by atoms with Crippen molar-refractivity contribution in [3.63, 3.8) is 0 Å². The Hall–Kier alpha value is -4.86. The molecule has 6 amide bonds. The second-order valence-electron chi connectivity index (χ2n) is 13.8. The van der Waals surface area contributed by atoms with Crippen molar-refractivity contribution < 1.29 is 43.5 Å². The number of rotatable bonds is 21. The fraction of sp³-hybridized carbons (Fsp3) is 0.600. The zero-order valence-corrected chi connectivity index (χ0v) is 29.8. The molecule has 2 rings (SSSR count). The van der Waals surface area contributed by atoms with E-state index in [2.05, 4.69) is 21.3 Å². The van der Waals surface area contributed by atoms with E-state index in [1.54, 1.807) is 30.3 Å². The van der Waals surface area contributed by atoms with Gasteiger partial charge in [-0.15, -0.1) is 0 Å². The summed E-state index contributed by atoms with van der Waals surface area (Å²) in [5.41, 5.74) is 11.7. The van der Waals surface area contributed by atoms with Gasteiger partial charge in [-0.2, -0.15) is 0 Å². The highest BCUT2D eigenvalue weighted by atomic mass is 16.4.